The molecule has 17 heavy (non-hydrogen) atoms. The summed E-state index contributed by atoms with van der Waals surface area (Å²) in [5, 5.41) is 3.16. The Balaban J connectivity index is 2.16. The molecule has 1 heterocycles. The zero-order valence-electron chi connectivity index (χ0n) is 8.79. The van der Waals surface area contributed by atoms with Crippen LogP contribution in [0, 0.1) is 0 Å². The Morgan fingerprint density at radius 1 is 1.24 bits per heavy atom. The highest BCUT2D eigenvalue weighted by Gasteiger charge is 2.12. The normalized spacial score (nSPS) is 12.7. The molecule has 1 aromatic heterocycles. The fraction of sp³-hybridized carbons (Fsp3) is 0.167. The van der Waals surface area contributed by atoms with Crippen LogP contribution in [-0.2, 0) is 6.42 Å². The van der Waals surface area contributed by atoms with Crippen molar-refractivity contribution < 1.29 is 0 Å². The van der Waals surface area contributed by atoms with Gasteiger partial charge in [0.15, 0.2) is 0 Å². The third-order valence-electron chi connectivity index (χ3n) is 2.42. The maximum absolute atomic E-state index is 6.16. The molecule has 2 aromatic rings. The second-order valence-corrected chi connectivity index (χ2v) is 6.31. The fourth-order valence-corrected chi connectivity index (χ4v) is 3.57. The predicted molar refractivity (Wildman–Crippen MR) is 79.1 cm³/mol. The smallest absolute Gasteiger partial charge is 0.0595 e. The standard InChI is InChI=1S/C12H10BrCl2NS/c13-8-3-4-17-12(8)11(16)6-7-1-2-9(14)10(15)5-7/h1-5,11H,6,16H2. The van der Waals surface area contributed by atoms with E-state index in [4.69, 9.17) is 28.9 Å². The van der Waals surface area contributed by atoms with Crippen LogP contribution in [0.1, 0.15) is 16.5 Å². The number of thiophene rings is 1. The van der Waals surface area contributed by atoms with Gasteiger partial charge >= 0.3 is 0 Å². The van der Waals surface area contributed by atoms with Crippen LogP contribution < -0.4 is 5.73 Å². The second kappa shape index (κ2) is 5.72. The van der Waals surface area contributed by atoms with Crippen LogP contribution in [-0.4, -0.2) is 0 Å². The van der Waals surface area contributed by atoms with Crippen molar-refractivity contribution in [3.05, 3.63) is 54.6 Å². The summed E-state index contributed by atoms with van der Waals surface area (Å²) >= 11 is 17.0. The van der Waals surface area contributed by atoms with Gasteiger partial charge in [0, 0.05) is 15.4 Å². The predicted octanol–water partition coefficient (Wildman–Crippen LogP) is 5.06. The lowest BCUT2D eigenvalue weighted by Crippen LogP contribution is -2.12. The van der Waals surface area contributed by atoms with Crippen LogP contribution in [0.2, 0.25) is 10.0 Å². The molecule has 0 aliphatic heterocycles. The average Bonchev–Trinajstić information content (AvgIpc) is 2.70. The van der Waals surface area contributed by atoms with Crippen molar-refractivity contribution in [1.29, 1.82) is 0 Å². The summed E-state index contributed by atoms with van der Waals surface area (Å²) in [5.41, 5.74) is 7.25. The lowest BCUT2D eigenvalue weighted by molar-refractivity contribution is 0.734. The highest BCUT2D eigenvalue weighted by atomic mass is 79.9. The Kier molecular flexibility index (Phi) is 4.50. The van der Waals surface area contributed by atoms with E-state index in [1.165, 1.54) is 0 Å². The minimum atomic E-state index is -0.0263. The highest BCUT2D eigenvalue weighted by Crippen LogP contribution is 2.31. The van der Waals surface area contributed by atoms with Crippen molar-refractivity contribution in [3.63, 3.8) is 0 Å². The summed E-state index contributed by atoms with van der Waals surface area (Å²) in [6.07, 6.45) is 0.746. The molecule has 90 valence electrons. The third-order valence-corrected chi connectivity index (χ3v) is 5.16. The molecular weight excluding hydrogens is 341 g/mol. The molecule has 0 fully saturated rings. The number of benzene rings is 1. The van der Waals surface area contributed by atoms with E-state index < -0.39 is 0 Å². The fourth-order valence-electron chi connectivity index (χ4n) is 1.58. The molecule has 2 rings (SSSR count). The van der Waals surface area contributed by atoms with Crippen LogP contribution in [0.4, 0.5) is 0 Å². The Labute approximate surface area is 123 Å². The molecule has 0 aliphatic rings. The lowest BCUT2D eigenvalue weighted by Gasteiger charge is -2.11. The molecule has 0 spiro atoms. The molecule has 0 amide bonds. The molecule has 2 N–H and O–H groups in total. The maximum Gasteiger partial charge on any atom is 0.0595 e. The van der Waals surface area contributed by atoms with Gasteiger partial charge in [-0.3, -0.25) is 0 Å². The van der Waals surface area contributed by atoms with Gasteiger partial charge in [-0.25, -0.2) is 0 Å². The molecule has 0 bridgehead atoms. The monoisotopic (exact) mass is 349 g/mol. The summed E-state index contributed by atoms with van der Waals surface area (Å²) in [7, 11) is 0. The zero-order valence-corrected chi connectivity index (χ0v) is 12.7. The minimum absolute atomic E-state index is 0.0263. The van der Waals surface area contributed by atoms with E-state index >= 15 is 0 Å². The van der Waals surface area contributed by atoms with Crippen molar-refractivity contribution >= 4 is 50.5 Å². The van der Waals surface area contributed by atoms with E-state index in [2.05, 4.69) is 15.9 Å². The van der Waals surface area contributed by atoms with Crippen molar-refractivity contribution in [2.24, 2.45) is 5.73 Å². The number of hydrogen-bond acceptors (Lipinski definition) is 2. The highest BCUT2D eigenvalue weighted by molar-refractivity contribution is 9.10. The molecule has 0 radical (unpaired) electrons. The maximum atomic E-state index is 6.16. The topological polar surface area (TPSA) is 26.0 Å². The Hall–Kier alpha value is -0.0600. The van der Waals surface area contributed by atoms with Gasteiger partial charge < -0.3 is 5.73 Å². The van der Waals surface area contributed by atoms with E-state index in [0.717, 1.165) is 21.3 Å². The minimum Gasteiger partial charge on any atom is -0.323 e. The van der Waals surface area contributed by atoms with Gasteiger partial charge in [-0.1, -0.05) is 29.3 Å². The molecule has 0 aliphatic carbocycles. The lowest BCUT2D eigenvalue weighted by atomic mass is 10.1. The van der Waals surface area contributed by atoms with Crippen molar-refractivity contribution in [2.45, 2.75) is 12.5 Å². The van der Waals surface area contributed by atoms with E-state index in [1.807, 2.05) is 23.6 Å². The van der Waals surface area contributed by atoms with E-state index in [9.17, 15) is 0 Å². The van der Waals surface area contributed by atoms with Gasteiger partial charge in [0.25, 0.3) is 0 Å². The van der Waals surface area contributed by atoms with Gasteiger partial charge in [0.2, 0.25) is 0 Å². The molecule has 0 saturated carbocycles. The van der Waals surface area contributed by atoms with Crippen LogP contribution in [0.15, 0.2) is 34.1 Å². The molecular formula is C12H10BrCl2NS. The summed E-state index contributed by atoms with van der Waals surface area (Å²) in [6, 6.07) is 7.60. The third kappa shape index (κ3) is 3.24. The first kappa shape index (κ1) is 13.4. The second-order valence-electron chi connectivity index (χ2n) is 3.69. The Morgan fingerprint density at radius 2 is 2.00 bits per heavy atom. The van der Waals surface area contributed by atoms with Crippen LogP contribution >= 0.6 is 50.5 Å². The van der Waals surface area contributed by atoms with Crippen molar-refractivity contribution in [1.82, 2.24) is 0 Å². The Morgan fingerprint density at radius 3 is 2.59 bits per heavy atom. The SMILES string of the molecule is NC(Cc1ccc(Cl)c(Cl)c1)c1sccc1Br. The largest absolute Gasteiger partial charge is 0.323 e. The summed E-state index contributed by atoms with van der Waals surface area (Å²) < 4.78 is 1.06. The van der Waals surface area contributed by atoms with Crippen LogP contribution in [0.25, 0.3) is 0 Å². The average molecular weight is 351 g/mol. The van der Waals surface area contributed by atoms with Crippen LogP contribution in [0.3, 0.4) is 0 Å². The molecule has 1 nitrogen and oxygen atoms in total. The molecule has 0 saturated heterocycles. The molecule has 1 atom stereocenters. The molecule has 1 unspecified atom stereocenters. The summed E-state index contributed by atoms with van der Waals surface area (Å²) in [4.78, 5) is 1.15. The zero-order chi connectivity index (χ0) is 12.4. The van der Waals surface area contributed by atoms with E-state index in [-0.39, 0.29) is 6.04 Å². The van der Waals surface area contributed by atoms with Crippen molar-refractivity contribution in [3.8, 4) is 0 Å². The first-order valence-electron chi connectivity index (χ1n) is 5.00. The van der Waals surface area contributed by atoms with Crippen molar-refractivity contribution in [2.75, 3.05) is 0 Å². The van der Waals surface area contributed by atoms with Gasteiger partial charge in [0.1, 0.15) is 0 Å². The first-order valence-corrected chi connectivity index (χ1v) is 7.43. The van der Waals surface area contributed by atoms with E-state index in [1.54, 1.807) is 17.4 Å². The summed E-state index contributed by atoms with van der Waals surface area (Å²) in [6.45, 7) is 0. The van der Waals surface area contributed by atoms with Gasteiger partial charge in [0.05, 0.1) is 10.0 Å². The number of rotatable bonds is 3. The molecule has 5 heteroatoms. The number of halogens is 3. The number of hydrogen-bond donors (Lipinski definition) is 1. The first-order chi connectivity index (χ1) is 8.08. The van der Waals surface area contributed by atoms with Crippen LogP contribution in [0.5, 0.6) is 0 Å². The van der Waals surface area contributed by atoms with Gasteiger partial charge in [-0.2, -0.15) is 0 Å². The molecule has 1 aromatic carbocycles. The quantitative estimate of drug-likeness (QED) is 0.822. The number of nitrogens with two attached hydrogens (primary N) is 1. The summed E-state index contributed by atoms with van der Waals surface area (Å²) in [5.74, 6) is 0. The van der Waals surface area contributed by atoms with E-state index in [0.29, 0.717) is 10.0 Å². The van der Waals surface area contributed by atoms with Gasteiger partial charge in [-0.05, 0) is 51.5 Å². The Bertz CT molecular complexity index is 527. The van der Waals surface area contributed by atoms with Gasteiger partial charge in [-0.15, -0.1) is 11.3 Å².